The van der Waals surface area contributed by atoms with Crippen molar-refractivity contribution in [1.29, 1.82) is 0 Å². The maximum Gasteiger partial charge on any atom is 0.307 e. The van der Waals surface area contributed by atoms with Crippen LogP contribution in [0.2, 0.25) is 0 Å². The summed E-state index contributed by atoms with van der Waals surface area (Å²) in [5.74, 6) is 0.244. The van der Waals surface area contributed by atoms with Crippen molar-refractivity contribution in [2.45, 2.75) is 91.5 Å². The lowest BCUT2D eigenvalue weighted by atomic mass is 10.1. The fourth-order valence-corrected chi connectivity index (χ4v) is 2.77. The second-order valence-electron chi connectivity index (χ2n) is 8.10. The van der Waals surface area contributed by atoms with E-state index in [1.807, 2.05) is 0 Å². The van der Waals surface area contributed by atoms with E-state index in [9.17, 15) is 9.59 Å². The summed E-state index contributed by atoms with van der Waals surface area (Å²) >= 11 is 0. The molecular formula is C22H43NO5. The first-order valence-electron chi connectivity index (χ1n) is 11.0. The van der Waals surface area contributed by atoms with Gasteiger partial charge >= 0.3 is 11.9 Å². The Morgan fingerprint density at radius 3 is 1.89 bits per heavy atom. The molecule has 0 aliphatic carbocycles. The summed E-state index contributed by atoms with van der Waals surface area (Å²) in [6, 6.07) is 0.394. The number of esters is 2. The fraction of sp³-hybridized carbons (Fsp3) is 0.909. The third-order valence-corrected chi connectivity index (χ3v) is 4.68. The Kier molecular flexibility index (Phi) is 17.2. The highest BCUT2D eigenvalue weighted by atomic mass is 16.5. The van der Waals surface area contributed by atoms with E-state index in [4.69, 9.17) is 14.6 Å². The minimum Gasteiger partial charge on any atom is -0.466 e. The number of hydrogen-bond acceptors (Lipinski definition) is 6. The van der Waals surface area contributed by atoms with Gasteiger partial charge < -0.3 is 19.5 Å². The average molecular weight is 402 g/mol. The van der Waals surface area contributed by atoms with Crippen LogP contribution in [0.5, 0.6) is 0 Å². The van der Waals surface area contributed by atoms with Crippen LogP contribution in [0.25, 0.3) is 0 Å². The van der Waals surface area contributed by atoms with Gasteiger partial charge in [0.2, 0.25) is 0 Å². The van der Waals surface area contributed by atoms with Crippen LogP contribution in [0.4, 0.5) is 0 Å². The van der Waals surface area contributed by atoms with Gasteiger partial charge in [0.05, 0.1) is 19.6 Å². The zero-order chi connectivity index (χ0) is 21.2. The number of unbranched alkanes of at least 4 members (excludes halogenated alkanes) is 4. The molecule has 0 aromatic carbocycles. The molecule has 0 unspecified atom stereocenters. The molecule has 0 heterocycles. The number of rotatable bonds is 18. The monoisotopic (exact) mass is 401 g/mol. The largest absolute Gasteiger partial charge is 0.466 e. The van der Waals surface area contributed by atoms with Gasteiger partial charge in [0.15, 0.2) is 0 Å². The summed E-state index contributed by atoms with van der Waals surface area (Å²) in [5, 5.41) is 8.83. The highest BCUT2D eigenvalue weighted by molar-refractivity contribution is 5.69. The zero-order valence-corrected chi connectivity index (χ0v) is 18.6. The predicted octanol–water partition coefficient (Wildman–Crippen LogP) is 3.94. The normalized spacial score (nSPS) is 11.4. The molecule has 0 spiro atoms. The van der Waals surface area contributed by atoms with Gasteiger partial charge in [0, 0.05) is 25.6 Å². The summed E-state index contributed by atoms with van der Waals surface area (Å²) in [5.41, 5.74) is 0. The Hall–Kier alpha value is -1.14. The quantitative estimate of drug-likeness (QED) is 0.277. The van der Waals surface area contributed by atoms with E-state index in [2.05, 4.69) is 32.6 Å². The molecule has 28 heavy (non-hydrogen) atoms. The molecule has 0 rings (SSSR count). The summed E-state index contributed by atoms with van der Waals surface area (Å²) in [6.07, 6.45) is 7.14. The summed E-state index contributed by atoms with van der Waals surface area (Å²) in [4.78, 5) is 25.7. The predicted molar refractivity (Wildman–Crippen MR) is 112 cm³/mol. The van der Waals surface area contributed by atoms with Crippen molar-refractivity contribution in [3.05, 3.63) is 0 Å². The average Bonchev–Trinajstić information content (AvgIpc) is 2.64. The van der Waals surface area contributed by atoms with Gasteiger partial charge in [0.1, 0.15) is 0 Å². The van der Waals surface area contributed by atoms with Crippen molar-refractivity contribution in [1.82, 2.24) is 4.90 Å². The van der Waals surface area contributed by atoms with Gasteiger partial charge in [-0.1, -0.05) is 13.8 Å². The van der Waals surface area contributed by atoms with Gasteiger partial charge in [-0.25, -0.2) is 0 Å². The van der Waals surface area contributed by atoms with Crippen LogP contribution < -0.4 is 0 Å². The van der Waals surface area contributed by atoms with Crippen molar-refractivity contribution < 1.29 is 24.2 Å². The second-order valence-corrected chi connectivity index (χ2v) is 8.10. The van der Waals surface area contributed by atoms with Gasteiger partial charge in [-0.15, -0.1) is 0 Å². The van der Waals surface area contributed by atoms with Gasteiger partial charge in [-0.2, -0.15) is 0 Å². The minimum atomic E-state index is -0.152. The highest BCUT2D eigenvalue weighted by Crippen LogP contribution is 2.07. The van der Waals surface area contributed by atoms with Gasteiger partial charge in [0.25, 0.3) is 0 Å². The van der Waals surface area contributed by atoms with E-state index in [0.29, 0.717) is 44.6 Å². The van der Waals surface area contributed by atoms with Crippen molar-refractivity contribution in [3.8, 4) is 0 Å². The minimum absolute atomic E-state index is 0.119. The summed E-state index contributed by atoms with van der Waals surface area (Å²) in [6.45, 7) is 11.2. The number of ether oxygens (including phenoxy) is 2. The van der Waals surface area contributed by atoms with E-state index in [1.54, 1.807) is 0 Å². The molecule has 1 N–H and O–H groups in total. The maximum absolute atomic E-state index is 11.9. The molecular weight excluding hydrogens is 358 g/mol. The Morgan fingerprint density at radius 1 is 0.786 bits per heavy atom. The van der Waals surface area contributed by atoms with E-state index in [-0.39, 0.29) is 18.5 Å². The standard InChI is InChI=1S/C22H43NO5/c1-19(2)11-12-21(25)27-17-9-6-10-18-28-22(26)13-15-23(20(3)4)14-7-5-8-16-24/h19-20,24H,5-18H2,1-4H3. The van der Waals surface area contributed by atoms with Gasteiger partial charge in [-0.05, 0) is 71.3 Å². The third-order valence-electron chi connectivity index (χ3n) is 4.68. The molecule has 0 aliphatic rings. The Labute approximate surface area is 172 Å². The molecule has 0 fully saturated rings. The molecule has 0 amide bonds. The lowest BCUT2D eigenvalue weighted by molar-refractivity contribution is -0.144. The highest BCUT2D eigenvalue weighted by Gasteiger charge is 2.12. The number of aliphatic hydroxyl groups is 1. The molecule has 0 bridgehead atoms. The Balaban J connectivity index is 3.66. The molecule has 0 aromatic rings. The van der Waals surface area contributed by atoms with Crippen LogP contribution in [-0.4, -0.2) is 60.9 Å². The number of nitrogens with zero attached hydrogens (tertiary/aromatic N) is 1. The van der Waals surface area contributed by atoms with E-state index in [1.165, 1.54) is 0 Å². The summed E-state index contributed by atoms with van der Waals surface area (Å²) < 4.78 is 10.5. The van der Waals surface area contributed by atoms with Crippen molar-refractivity contribution in [3.63, 3.8) is 0 Å². The molecule has 0 saturated heterocycles. The van der Waals surface area contributed by atoms with Crippen LogP contribution in [0, 0.1) is 5.92 Å². The molecule has 0 aromatic heterocycles. The van der Waals surface area contributed by atoms with E-state index >= 15 is 0 Å². The number of carbonyl (C=O) groups is 2. The molecule has 0 aliphatic heterocycles. The smallest absolute Gasteiger partial charge is 0.307 e. The molecule has 166 valence electrons. The Bertz CT molecular complexity index is 398. The SMILES string of the molecule is CC(C)CCC(=O)OCCCCCOC(=O)CCN(CCCCCO)C(C)C. The van der Waals surface area contributed by atoms with Crippen molar-refractivity contribution in [2.75, 3.05) is 32.9 Å². The summed E-state index contributed by atoms with van der Waals surface area (Å²) in [7, 11) is 0. The van der Waals surface area contributed by atoms with Crippen LogP contribution in [-0.2, 0) is 19.1 Å². The van der Waals surface area contributed by atoms with Crippen molar-refractivity contribution in [2.24, 2.45) is 5.92 Å². The third kappa shape index (κ3) is 17.0. The van der Waals surface area contributed by atoms with Crippen molar-refractivity contribution >= 4 is 11.9 Å². The molecule has 0 atom stereocenters. The number of hydrogen-bond donors (Lipinski definition) is 1. The van der Waals surface area contributed by atoms with Crippen LogP contribution in [0.1, 0.15) is 85.5 Å². The fourth-order valence-electron chi connectivity index (χ4n) is 2.77. The molecule has 0 saturated carbocycles. The molecule has 6 nitrogen and oxygen atoms in total. The van der Waals surface area contributed by atoms with Crippen LogP contribution in [0.3, 0.4) is 0 Å². The molecule has 0 radical (unpaired) electrons. The lowest BCUT2D eigenvalue weighted by Crippen LogP contribution is -2.34. The van der Waals surface area contributed by atoms with Crippen LogP contribution in [0.15, 0.2) is 0 Å². The first-order chi connectivity index (χ1) is 13.4. The number of carbonyl (C=O) groups excluding carboxylic acids is 2. The van der Waals surface area contributed by atoms with Crippen LogP contribution >= 0.6 is 0 Å². The topological polar surface area (TPSA) is 76.1 Å². The first kappa shape index (κ1) is 26.9. The lowest BCUT2D eigenvalue weighted by Gasteiger charge is -2.26. The zero-order valence-electron chi connectivity index (χ0n) is 18.6. The van der Waals surface area contributed by atoms with E-state index < -0.39 is 0 Å². The van der Waals surface area contributed by atoms with E-state index in [0.717, 1.165) is 51.5 Å². The second kappa shape index (κ2) is 17.9. The molecule has 6 heteroatoms. The maximum atomic E-state index is 11.9. The first-order valence-corrected chi connectivity index (χ1v) is 11.0. The Morgan fingerprint density at radius 2 is 1.36 bits per heavy atom. The van der Waals surface area contributed by atoms with Gasteiger partial charge in [-0.3, -0.25) is 9.59 Å². The number of aliphatic hydroxyl groups excluding tert-OH is 1.